The Morgan fingerprint density at radius 2 is 2.12 bits per heavy atom. The fourth-order valence-corrected chi connectivity index (χ4v) is 3.95. The van der Waals surface area contributed by atoms with Gasteiger partial charge in [-0.25, -0.2) is 4.39 Å². The quantitative estimate of drug-likeness (QED) is 0.769. The molecule has 2 saturated heterocycles. The summed E-state index contributed by atoms with van der Waals surface area (Å²) < 4.78 is 13.9. The predicted molar refractivity (Wildman–Crippen MR) is 101 cm³/mol. The van der Waals surface area contributed by atoms with Gasteiger partial charge in [0.15, 0.2) is 0 Å². The summed E-state index contributed by atoms with van der Waals surface area (Å²) in [6.45, 7) is 6.16. The van der Waals surface area contributed by atoms with Gasteiger partial charge in [-0.15, -0.1) is 0 Å². The van der Waals surface area contributed by atoms with Gasteiger partial charge in [0, 0.05) is 24.3 Å². The number of benzene rings is 1. The third-order valence-corrected chi connectivity index (χ3v) is 5.73. The molecule has 6 heteroatoms. The van der Waals surface area contributed by atoms with Crippen LogP contribution in [0.15, 0.2) is 18.2 Å². The number of amides is 1. The number of nitrogens with one attached hydrogen (secondary N) is 2. The van der Waals surface area contributed by atoms with Crippen LogP contribution in [0.25, 0.3) is 0 Å². The minimum Gasteiger partial charge on any atom is -0.393 e. The summed E-state index contributed by atoms with van der Waals surface area (Å²) in [5.74, 6) is -0.335. The van der Waals surface area contributed by atoms with E-state index in [1.165, 1.54) is 12.1 Å². The lowest BCUT2D eigenvalue weighted by Gasteiger charge is -2.36. The van der Waals surface area contributed by atoms with Gasteiger partial charge in [-0.05, 0) is 70.7 Å². The van der Waals surface area contributed by atoms with E-state index in [2.05, 4.69) is 15.5 Å². The Kier molecular flexibility index (Phi) is 5.82. The van der Waals surface area contributed by atoms with Crippen LogP contribution in [0.3, 0.4) is 0 Å². The Labute approximate surface area is 155 Å². The highest BCUT2D eigenvalue weighted by molar-refractivity contribution is 5.86. The van der Waals surface area contributed by atoms with Crippen molar-refractivity contribution in [3.8, 4) is 0 Å². The van der Waals surface area contributed by atoms with E-state index in [0.29, 0.717) is 12.8 Å². The van der Waals surface area contributed by atoms with E-state index < -0.39 is 5.54 Å². The highest BCUT2D eigenvalue weighted by Crippen LogP contribution is 2.30. The molecule has 0 aromatic heterocycles. The van der Waals surface area contributed by atoms with Gasteiger partial charge in [0.05, 0.1) is 17.7 Å². The maximum absolute atomic E-state index is 13.9. The number of rotatable bonds is 4. The van der Waals surface area contributed by atoms with Crippen molar-refractivity contribution in [2.24, 2.45) is 0 Å². The number of hydrogen-bond acceptors (Lipinski definition) is 4. The highest BCUT2D eigenvalue weighted by Gasteiger charge is 2.35. The third-order valence-electron chi connectivity index (χ3n) is 5.73. The summed E-state index contributed by atoms with van der Waals surface area (Å²) in [7, 11) is 0. The lowest BCUT2D eigenvalue weighted by molar-refractivity contribution is -0.128. The summed E-state index contributed by atoms with van der Waals surface area (Å²) in [6, 6.07) is 4.47. The van der Waals surface area contributed by atoms with Gasteiger partial charge in [-0.3, -0.25) is 4.79 Å². The molecule has 0 saturated carbocycles. The fourth-order valence-electron chi connectivity index (χ4n) is 3.95. The van der Waals surface area contributed by atoms with Crippen molar-refractivity contribution in [2.75, 3.05) is 24.5 Å². The van der Waals surface area contributed by atoms with Crippen molar-refractivity contribution in [2.45, 2.75) is 63.6 Å². The standard InChI is InChI=1S/C20H30FN3O2/c1-14(23-19(26)20(2)9-3-4-10-22-20)17-13-15(21)5-6-18(17)24-11-7-16(25)8-12-24/h5-6,13-14,16,22,25H,3-4,7-12H2,1-2H3,(H,23,26)/t14-,20-/m1/s1. The normalized spacial score (nSPS) is 25.8. The zero-order valence-electron chi connectivity index (χ0n) is 15.7. The molecule has 1 amide bonds. The molecule has 3 N–H and O–H groups in total. The monoisotopic (exact) mass is 363 g/mol. The van der Waals surface area contributed by atoms with Gasteiger partial charge in [0.25, 0.3) is 0 Å². The number of aliphatic hydroxyl groups is 1. The molecule has 26 heavy (non-hydrogen) atoms. The van der Waals surface area contributed by atoms with E-state index >= 15 is 0 Å². The second kappa shape index (κ2) is 7.92. The van der Waals surface area contributed by atoms with Gasteiger partial charge >= 0.3 is 0 Å². The fraction of sp³-hybridized carbons (Fsp3) is 0.650. The van der Waals surface area contributed by atoms with E-state index in [0.717, 1.165) is 50.1 Å². The second-order valence-electron chi connectivity index (χ2n) is 7.83. The van der Waals surface area contributed by atoms with Crippen LogP contribution in [0.2, 0.25) is 0 Å². The van der Waals surface area contributed by atoms with Crippen LogP contribution in [0, 0.1) is 5.82 Å². The van der Waals surface area contributed by atoms with Crippen molar-refractivity contribution in [3.63, 3.8) is 0 Å². The third kappa shape index (κ3) is 4.18. The first kappa shape index (κ1) is 19.1. The van der Waals surface area contributed by atoms with Crippen molar-refractivity contribution < 1.29 is 14.3 Å². The number of carbonyl (C=O) groups excluding carboxylic acids is 1. The summed E-state index contributed by atoms with van der Waals surface area (Å²) in [6.07, 6.45) is 4.09. The molecule has 5 nitrogen and oxygen atoms in total. The molecule has 2 fully saturated rings. The van der Waals surface area contributed by atoms with Crippen molar-refractivity contribution in [1.29, 1.82) is 0 Å². The van der Waals surface area contributed by atoms with Gasteiger partial charge in [-0.1, -0.05) is 0 Å². The van der Waals surface area contributed by atoms with E-state index in [4.69, 9.17) is 0 Å². The maximum Gasteiger partial charge on any atom is 0.240 e. The first-order valence-corrected chi connectivity index (χ1v) is 9.67. The number of carbonyl (C=O) groups is 1. The Balaban J connectivity index is 1.76. The van der Waals surface area contributed by atoms with Crippen LogP contribution < -0.4 is 15.5 Å². The summed E-state index contributed by atoms with van der Waals surface area (Å²) >= 11 is 0. The molecule has 0 bridgehead atoms. The summed E-state index contributed by atoms with van der Waals surface area (Å²) in [5.41, 5.74) is 1.16. The molecule has 1 aromatic carbocycles. The van der Waals surface area contributed by atoms with E-state index in [9.17, 15) is 14.3 Å². The zero-order valence-corrected chi connectivity index (χ0v) is 15.7. The van der Waals surface area contributed by atoms with E-state index in [-0.39, 0.29) is 23.9 Å². The second-order valence-corrected chi connectivity index (χ2v) is 7.83. The van der Waals surface area contributed by atoms with Crippen molar-refractivity contribution >= 4 is 11.6 Å². The number of aliphatic hydroxyl groups excluding tert-OH is 1. The number of halogens is 1. The summed E-state index contributed by atoms with van der Waals surface area (Å²) in [5, 5.41) is 16.1. The largest absolute Gasteiger partial charge is 0.393 e. The molecule has 2 aliphatic rings. The molecule has 3 rings (SSSR count). The van der Waals surface area contributed by atoms with Crippen LogP contribution in [0.5, 0.6) is 0 Å². The zero-order chi connectivity index (χ0) is 18.7. The van der Waals surface area contributed by atoms with Gasteiger partial charge < -0.3 is 20.6 Å². The molecule has 2 aliphatic heterocycles. The molecule has 0 spiro atoms. The average molecular weight is 363 g/mol. The van der Waals surface area contributed by atoms with E-state index in [1.807, 2.05) is 13.8 Å². The first-order chi connectivity index (χ1) is 12.4. The van der Waals surface area contributed by atoms with Crippen molar-refractivity contribution in [1.82, 2.24) is 10.6 Å². The molecule has 144 valence electrons. The molecule has 2 atom stereocenters. The SMILES string of the molecule is C[C@@H](NC(=O)[C@@]1(C)CCCCN1)c1cc(F)ccc1N1CCC(O)CC1. The lowest BCUT2D eigenvalue weighted by Crippen LogP contribution is -2.57. The first-order valence-electron chi connectivity index (χ1n) is 9.67. The minimum atomic E-state index is -0.560. The number of anilines is 1. The number of nitrogens with zero attached hydrogens (tertiary/aromatic N) is 1. The Morgan fingerprint density at radius 1 is 1.38 bits per heavy atom. The van der Waals surface area contributed by atoms with Crippen LogP contribution in [-0.4, -0.2) is 42.3 Å². The highest BCUT2D eigenvalue weighted by atomic mass is 19.1. The minimum absolute atomic E-state index is 0.0334. The van der Waals surface area contributed by atoms with Crippen LogP contribution >= 0.6 is 0 Å². The lowest BCUT2D eigenvalue weighted by atomic mass is 9.89. The average Bonchev–Trinajstić information content (AvgIpc) is 2.63. The number of hydrogen-bond donors (Lipinski definition) is 3. The molecular weight excluding hydrogens is 333 g/mol. The Hall–Kier alpha value is -1.66. The topological polar surface area (TPSA) is 64.6 Å². The Morgan fingerprint density at radius 3 is 2.77 bits per heavy atom. The van der Waals surface area contributed by atoms with Gasteiger partial charge in [0.2, 0.25) is 5.91 Å². The molecule has 0 unspecified atom stereocenters. The van der Waals surface area contributed by atoms with Crippen LogP contribution in [0.1, 0.15) is 57.6 Å². The Bertz CT molecular complexity index is 638. The van der Waals surface area contributed by atoms with Gasteiger partial charge in [-0.2, -0.15) is 0 Å². The number of piperidine rings is 2. The molecule has 2 heterocycles. The smallest absolute Gasteiger partial charge is 0.240 e. The molecular formula is C20H30FN3O2. The predicted octanol–water partition coefficient (Wildman–Crippen LogP) is 2.50. The summed E-state index contributed by atoms with van der Waals surface area (Å²) in [4.78, 5) is 15.0. The maximum atomic E-state index is 13.9. The molecule has 1 aromatic rings. The van der Waals surface area contributed by atoms with Crippen LogP contribution in [0.4, 0.5) is 10.1 Å². The van der Waals surface area contributed by atoms with E-state index in [1.54, 1.807) is 6.07 Å². The van der Waals surface area contributed by atoms with Crippen molar-refractivity contribution in [3.05, 3.63) is 29.6 Å². The molecule has 0 radical (unpaired) electrons. The van der Waals surface area contributed by atoms with Gasteiger partial charge in [0.1, 0.15) is 5.82 Å². The van der Waals surface area contributed by atoms with Crippen LogP contribution in [-0.2, 0) is 4.79 Å². The molecule has 0 aliphatic carbocycles.